The second kappa shape index (κ2) is 11.5. The van der Waals surface area contributed by atoms with E-state index in [2.05, 4.69) is 67.3 Å². The predicted molar refractivity (Wildman–Crippen MR) is 140 cm³/mol. The van der Waals surface area contributed by atoms with Crippen LogP contribution >= 0.6 is 0 Å². The van der Waals surface area contributed by atoms with Crippen LogP contribution in [0.25, 0.3) is 22.5 Å². The zero-order chi connectivity index (χ0) is 24.8. The minimum Gasteiger partial charge on any atom is -0.481 e. The summed E-state index contributed by atoms with van der Waals surface area (Å²) in [7, 11) is 1.74. The van der Waals surface area contributed by atoms with Gasteiger partial charge in [-0.25, -0.2) is 9.97 Å². The quantitative estimate of drug-likeness (QED) is 0.345. The molecule has 2 aromatic carbocycles. The fraction of sp³-hybridized carbons (Fsp3) is 0.414. The number of rotatable bonds is 10. The molecule has 1 aliphatic rings. The van der Waals surface area contributed by atoms with Gasteiger partial charge in [-0.05, 0) is 33.1 Å². The van der Waals surface area contributed by atoms with Gasteiger partial charge in [-0.3, -0.25) is 4.79 Å². The summed E-state index contributed by atoms with van der Waals surface area (Å²) in [5.74, 6) is 0.184. The molecule has 0 radical (unpaired) electrons. The van der Waals surface area contributed by atoms with Gasteiger partial charge in [0.15, 0.2) is 5.82 Å². The number of aromatic nitrogens is 2. The lowest BCUT2D eigenvalue weighted by Gasteiger charge is -2.34. The molecule has 3 aromatic rings. The molecule has 0 aliphatic carbocycles. The number of methoxy groups -OCH3 is 1. The average molecular weight is 474 g/mol. The monoisotopic (exact) mass is 473 g/mol. The van der Waals surface area contributed by atoms with Crippen molar-refractivity contribution in [3.05, 3.63) is 65.4 Å². The minimum absolute atomic E-state index is 0.0828. The van der Waals surface area contributed by atoms with E-state index in [4.69, 9.17) is 19.8 Å². The van der Waals surface area contributed by atoms with Gasteiger partial charge in [-0.2, -0.15) is 0 Å². The molecule has 6 nitrogen and oxygen atoms in total. The molecule has 0 bridgehead atoms. The van der Waals surface area contributed by atoms with Crippen molar-refractivity contribution in [3.8, 4) is 22.5 Å². The van der Waals surface area contributed by atoms with Gasteiger partial charge in [0, 0.05) is 37.7 Å². The number of hydrogen-bond acceptors (Lipinski definition) is 5. The lowest BCUT2D eigenvalue weighted by atomic mass is 10.00. The molecule has 2 heterocycles. The van der Waals surface area contributed by atoms with Crippen LogP contribution in [-0.4, -0.2) is 41.2 Å². The first-order valence-corrected chi connectivity index (χ1v) is 12.5. The number of ether oxygens (including phenoxy) is 1. The zero-order valence-corrected chi connectivity index (χ0v) is 21.0. The lowest BCUT2D eigenvalue weighted by molar-refractivity contribution is -0.137. The summed E-state index contributed by atoms with van der Waals surface area (Å²) in [5, 5.41) is 8.85. The standard InChI is InChI=1S/C29H35N3O3/c1-20-9-13-22(14-10-20)26-27(23-15-11-21(2)12-16-23)31-29-28(30-26)24(35-3)17-19-32(29)18-7-5-4-6-8-25(33)34/h9-16,24H,4-8,17-19H2,1-3H3,(H,33,34)/t24-/m0/s1. The third-order valence-corrected chi connectivity index (χ3v) is 6.67. The van der Waals surface area contributed by atoms with E-state index in [9.17, 15) is 4.79 Å². The Morgan fingerprint density at radius 2 is 1.49 bits per heavy atom. The number of unbranched alkanes of at least 4 members (excludes halogenated alkanes) is 3. The Kier molecular flexibility index (Phi) is 8.13. The van der Waals surface area contributed by atoms with E-state index in [1.165, 1.54) is 11.1 Å². The Balaban J connectivity index is 1.68. The fourth-order valence-electron chi connectivity index (χ4n) is 4.61. The molecule has 0 fully saturated rings. The summed E-state index contributed by atoms with van der Waals surface area (Å²) < 4.78 is 5.83. The Morgan fingerprint density at radius 1 is 0.914 bits per heavy atom. The summed E-state index contributed by atoms with van der Waals surface area (Å²) in [5.41, 5.74) is 7.18. The number of carboxylic acids is 1. The van der Waals surface area contributed by atoms with Gasteiger partial charge in [0.25, 0.3) is 0 Å². The maximum atomic E-state index is 10.8. The number of hydrogen-bond donors (Lipinski definition) is 1. The summed E-state index contributed by atoms with van der Waals surface area (Å²) >= 11 is 0. The van der Waals surface area contributed by atoms with Gasteiger partial charge < -0.3 is 14.7 Å². The van der Waals surface area contributed by atoms with E-state index in [1.807, 2.05) is 0 Å². The Hall–Kier alpha value is -3.25. The highest BCUT2D eigenvalue weighted by atomic mass is 16.5. The number of fused-ring (bicyclic) bond motifs is 1. The lowest BCUT2D eigenvalue weighted by Crippen LogP contribution is -2.34. The zero-order valence-electron chi connectivity index (χ0n) is 21.0. The molecule has 4 rings (SSSR count). The maximum Gasteiger partial charge on any atom is 0.303 e. The molecule has 0 saturated carbocycles. The SMILES string of the molecule is CO[C@H]1CCN(CCCCCCC(=O)O)c2nc(-c3ccc(C)cc3)c(-c3ccc(C)cc3)nc21. The van der Waals surface area contributed by atoms with Crippen LogP contribution in [0.2, 0.25) is 0 Å². The molecule has 0 unspecified atom stereocenters. The smallest absolute Gasteiger partial charge is 0.303 e. The van der Waals surface area contributed by atoms with Crippen molar-refractivity contribution in [1.82, 2.24) is 9.97 Å². The van der Waals surface area contributed by atoms with Crippen molar-refractivity contribution in [2.45, 2.75) is 58.5 Å². The van der Waals surface area contributed by atoms with Crippen LogP contribution in [0.3, 0.4) is 0 Å². The molecule has 1 N–H and O–H groups in total. The van der Waals surface area contributed by atoms with Gasteiger partial charge in [-0.15, -0.1) is 0 Å². The predicted octanol–water partition coefficient (Wildman–Crippen LogP) is 6.36. The molecule has 1 aliphatic heterocycles. The molecule has 35 heavy (non-hydrogen) atoms. The number of aryl methyl sites for hydroxylation is 2. The molecular formula is C29H35N3O3. The van der Waals surface area contributed by atoms with Crippen LogP contribution in [0.1, 0.15) is 61.4 Å². The summed E-state index contributed by atoms with van der Waals surface area (Å²) in [4.78, 5) is 23.5. The van der Waals surface area contributed by atoms with Crippen LogP contribution < -0.4 is 4.90 Å². The third-order valence-electron chi connectivity index (χ3n) is 6.67. The van der Waals surface area contributed by atoms with E-state index in [0.717, 1.165) is 79.2 Å². The maximum absolute atomic E-state index is 10.8. The van der Waals surface area contributed by atoms with E-state index in [1.54, 1.807) is 7.11 Å². The number of carboxylic acid groups (broad SMARTS) is 1. The number of nitrogens with zero attached hydrogens (tertiary/aromatic N) is 3. The van der Waals surface area contributed by atoms with E-state index >= 15 is 0 Å². The summed E-state index contributed by atoms with van der Waals surface area (Å²) in [6, 6.07) is 16.9. The fourth-order valence-corrected chi connectivity index (χ4v) is 4.61. The molecule has 0 spiro atoms. The van der Waals surface area contributed by atoms with E-state index in [0.29, 0.717) is 0 Å². The molecule has 0 saturated heterocycles. The Bertz CT molecular complexity index is 1140. The summed E-state index contributed by atoms with van der Waals surface area (Å²) in [6.07, 6.45) is 4.70. The molecule has 6 heteroatoms. The Morgan fingerprint density at radius 3 is 2.06 bits per heavy atom. The average Bonchev–Trinajstić information content (AvgIpc) is 2.86. The topological polar surface area (TPSA) is 75.5 Å². The van der Waals surface area contributed by atoms with Crippen molar-refractivity contribution < 1.29 is 14.6 Å². The largest absolute Gasteiger partial charge is 0.481 e. The van der Waals surface area contributed by atoms with Gasteiger partial charge in [0.05, 0.1) is 11.4 Å². The summed E-state index contributed by atoms with van der Waals surface area (Å²) in [6.45, 7) is 5.92. The first-order chi connectivity index (χ1) is 17.0. The molecule has 1 aromatic heterocycles. The van der Waals surface area contributed by atoms with Crippen molar-refractivity contribution in [3.63, 3.8) is 0 Å². The molecule has 0 amide bonds. The first-order valence-electron chi connectivity index (χ1n) is 12.5. The van der Waals surface area contributed by atoms with Gasteiger partial charge in [0.1, 0.15) is 11.8 Å². The van der Waals surface area contributed by atoms with Crippen LogP contribution in [0, 0.1) is 13.8 Å². The second-order valence-corrected chi connectivity index (χ2v) is 9.42. The van der Waals surface area contributed by atoms with Crippen LogP contribution in [-0.2, 0) is 9.53 Å². The van der Waals surface area contributed by atoms with Gasteiger partial charge in [-0.1, -0.05) is 72.5 Å². The van der Waals surface area contributed by atoms with Crippen LogP contribution in [0.15, 0.2) is 48.5 Å². The molecule has 184 valence electrons. The van der Waals surface area contributed by atoms with Crippen LogP contribution in [0.4, 0.5) is 5.82 Å². The minimum atomic E-state index is -0.719. The van der Waals surface area contributed by atoms with Crippen molar-refractivity contribution >= 4 is 11.8 Å². The third kappa shape index (κ3) is 6.06. The highest BCUT2D eigenvalue weighted by molar-refractivity contribution is 5.80. The van der Waals surface area contributed by atoms with E-state index < -0.39 is 5.97 Å². The van der Waals surface area contributed by atoms with Gasteiger partial charge in [0.2, 0.25) is 0 Å². The molecule has 1 atom stereocenters. The van der Waals surface area contributed by atoms with Crippen molar-refractivity contribution in [2.24, 2.45) is 0 Å². The van der Waals surface area contributed by atoms with Crippen molar-refractivity contribution in [1.29, 1.82) is 0 Å². The van der Waals surface area contributed by atoms with E-state index in [-0.39, 0.29) is 12.5 Å². The number of carbonyl (C=O) groups is 1. The number of anilines is 1. The van der Waals surface area contributed by atoms with Crippen molar-refractivity contribution in [2.75, 3.05) is 25.1 Å². The number of benzene rings is 2. The highest BCUT2D eigenvalue weighted by Crippen LogP contribution is 2.39. The Labute approximate surface area is 208 Å². The molecular weight excluding hydrogens is 438 g/mol. The first kappa shape index (κ1) is 24.9. The number of aliphatic carboxylic acids is 1. The normalized spacial score (nSPS) is 15.2. The second-order valence-electron chi connectivity index (χ2n) is 9.42. The highest BCUT2D eigenvalue weighted by Gasteiger charge is 2.30. The van der Waals surface area contributed by atoms with Crippen LogP contribution in [0.5, 0.6) is 0 Å². The van der Waals surface area contributed by atoms with Gasteiger partial charge >= 0.3 is 5.97 Å².